The molecule has 0 aromatic heterocycles. The maximum atomic E-state index is 11.8. The van der Waals surface area contributed by atoms with Gasteiger partial charge in [0.1, 0.15) is 0 Å². The highest BCUT2D eigenvalue weighted by atomic mass is 16.5. The molecule has 29 heavy (non-hydrogen) atoms. The van der Waals surface area contributed by atoms with Crippen LogP contribution in [0, 0.1) is 29.1 Å². The van der Waals surface area contributed by atoms with E-state index >= 15 is 0 Å². The molecule has 0 bridgehead atoms. The van der Waals surface area contributed by atoms with Crippen molar-refractivity contribution in [3.05, 3.63) is 36.0 Å². The molecule has 0 radical (unpaired) electrons. The molecular formula is C25H36O4. The third-order valence-electron chi connectivity index (χ3n) is 8.99. The fraction of sp³-hybridized carbons (Fsp3) is 0.720. The van der Waals surface area contributed by atoms with Gasteiger partial charge in [-0.2, -0.15) is 0 Å². The Morgan fingerprint density at radius 2 is 2.03 bits per heavy atom. The Morgan fingerprint density at radius 1 is 1.28 bits per heavy atom. The smallest absolute Gasteiger partial charge is 0.303 e. The molecule has 0 amide bonds. The molecule has 4 nitrogen and oxygen atoms in total. The minimum Gasteiger partial charge on any atom is -0.481 e. The highest BCUT2D eigenvalue weighted by Crippen LogP contribution is 2.67. The number of aliphatic carboxylic acids is 1. The Bertz CT molecular complexity index is 752. The quantitative estimate of drug-likeness (QED) is 0.645. The molecule has 0 heterocycles. The molecule has 0 aliphatic heterocycles. The summed E-state index contributed by atoms with van der Waals surface area (Å²) in [5.74, 6) is 1.28. The SMILES string of the molecule is C=C1C[C@@]2(C)[C@@H](CC[C@@]2(O)C(=C)CCC(=O)O)[C@@H]2CCC3=C[C@H](OC)CC[C@@H]3[C@@H]12. The van der Waals surface area contributed by atoms with Gasteiger partial charge in [-0.15, -0.1) is 0 Å². The van der Waals surface area contributed by atoms with Gasteiger partial charge in [-0.3, -0.25) is 4.79 Å². The van der Waals surface area contributed by atoms with Crippen molar-refractivity contribution < 1.29 is 19.7 Å². The van der Waals surface area contributed by atoms with Crippen LogP contribution in [0.2, 0.25) is 0 Å². The van der Waals surface area contributed by atoms with E-state index in [1.165, 1.54) is 12.0 Å². The third kappa shape index (κ3) is 3.14. The van der Waals surface area contributed by atoms with Crippen LogP contribution in [0.5, 0.6) is 0 Å². The Labute approximate surface area is 174 Å². The van der Waals surface area contributed by atoms with Crippen molar-refractivity contribution >= 4 is 5.97 Å². The summed E-state index contributed by atoms with van der Waals surface area (Å²) in [5.41, 5.74) is 2.28. The highest BCUT2D eigenvalue weighted by molar-refractivity contribution is 5.67. The molecule has 0 aromatic rings. The number of aliphatic hydroxyl groups is 1. The summed E-state index contributed by atoms with van der Waals surface area (Å²) < 4.78 is 5.60. The van der Waals surface area contributed by atoms with Crippen molar-refractivity contribution in [1.82, 2.24) is 0 Å². The van der Waals surface area contributed by atoms with E-state index in [2.05, 4.69) is 26.2 Å². The van der Waals surface area contributed by atoms with Crippen LogP contribution in [-0.4, -0.2) is 35.0 Å². The average Bonchev–Trinajstić information content (AvgIpc) is 2.96. The van der Waals surface area contributed by atoms with Crippen LogP contribution in [0.4, 0.5) is 0 Å². The van der Waals surface area contributed by atoms with Crippen LogP contribution in [0.25, 0.3) is 0 Å². The predicted molar refractivity (Wildman–Crippen MR) is 113 cm³/mol. The molecule has 0 unspecified atom stereocenters. The lowest BCUT2D eigenvalue weighted by Crippen LogP contribution is -2.54. The summed E-state index contributed by atoms with van der Waals surface area (Å²) >= 11 is 0. The molecule has 4 aliphatic carbocycles. The number of hydrogen-bond acceptors (Lipinski definition) is 3. The van der Waals surface area contributed by atoms with Crippen LogP contribution < -0.4 is 0 Å². The van der Waals surface area contributed by atoms with Crippen molar-refractivity contribution in [3.63, 3.8) is 0 Å². The van der Waals surface area contributed by atoms with Gasteiger partial charge in [0.2, 0.25) is 0 Å². The molecular weight excluding hydrogens is 364 g/mol. The highest BCUT2D eigenvalue weighted by Gasteiger charge is 2.63. The summed E-state index contributed by atoms with van der Waals surface area (Å²) in [4.78, 5) is 11.1. The molecule has 0 aromatic carbocycles. The standard InChI is InChI=1S/C25H36O4/c1-15-14-24(3)21(11-12-25(24,28)16(2)5-10-22(26)27)20-8-6-17-13-18(29-4)7-9-19(17)23(15)20/h13,18-21,23,28H,1-2,5-12,14H2,3-4H3,(H,26,27)/t18-,19+,20+,21+,23-,24+,25-/m1/s1. The first-order chi connectivity index (χ1) is 13.7. The van der Waals surface area contributed by atoms with E-state index < -0.39 is 11.6 Å². The molecule has 160 valence electrons. The van der Waals surface area contributed by atoms with Gasteiger partial charge in [0.15, 0.2) is 0 Å². The number of carbonyl (C=O) groups is 1. The minimum absolute atomic E-state index is 0.0335. The van der Waals surface area contributed by atoms with Gasteiger partial charge < -0.3 is 14.9 Å². The average molecular weight is 401 g/mol. The van der Waals surface area contributed by atoms with Crippen molar-refractivity contribution in [1.29, 1.82) is 0 Å². The Kier molecular flexibility index (Phi) is 5.31. The number of carboxylic acid groups (broad SMARTS) is 1. The Hall–Kier alpha value is -1.39. The van der Waals surface area contributed by atoms with E-state index in [4.69, 9.17) is 9.84 Å². The number of ether oxygens (including phenoxy) is 1. The lowest BCUT2D eigenvalue weighted by Gasteiger charge is -2.57. The van der Waals surface area contributed by atoms with Gasteiger partial charge >= 0.3 is 5.97 Å². The first-order valence-electron chi connectivity index (χ1n) is 11.2. The molecule has 3 fully saturated rings. The summed E-state index contributed by atoms with van der Waals surface area (Å²) in [6.07, 6.45) is 10.1. The normalized spacial score (nSPS) is 43.8. The van der Waals surface area contributed by atoms with Crippen molar-refractivity contribution in [2.75, 3.05) is 7.11 Å². The zero-order valence-electron chi connectivity index (χ0n) is 18.0. The Morgan fingerprint density at radius 3 is 2.72 bits per heavy atom. The molecule has 0 saturated heterocycles. The van der Waals surface area contributed by atoms with Crippen LogP contribution in [0.15, 0.2) is 36.0 Å². The Balaban J connectivity index is 1.60. The largest absolute Gasteiger partial charge is 0.481 e. The lowest BCUT2D eigenvalue weighted by molar-refractivity contribution is -0.137. The van der Waals surface area contributed by atoms with Gasteiger partial charge in [-0.05, 0) is 80.6 Å². The van der Waals surface area contributed by atoms with Crippen molar-refractivity contribution in [3.8, 4) is 0 Å². The monoisotopic (exact) mass is 400 g/mol. The summed E-state index contributed by atoms with van der Waals surface area (Å²) in [6.45, 7) is 10.9. The zero-order chi connectivity index (χ0) is 21.0. The number of fused-ring (bicyclic) bond motifs is 5. The molecule has 4 heteroatoms. The fourth-order valence-electron chi connectivity index (χ4n) is 7.56. The van der Waals surface area contributed by atoms with E-state index in [9.17, 15) is 9.90 Å². The first kappa shape index (κ1) is 20.9. The van der Waals surface area contributed by atoms with Crippen LogP contribution >= 0.6 is 0 Å². The van der Waals surface area contributed by atoms with E-state index in [-0.39, 0.29) is 17.9 Å². The number of hydrogen-bond donors (Lipinski definition) is 2. The summed E-state index contributed by atoms with van der Waals surface area (Å²) in [6, 6.07) is 0. The minimum atomic E-state index is -0.981. The topological polar surface area (TPSA) is 66.8 Å². The number of rotatable bonds is 5. The van der Waals surface area contributed by atoms with Gasteiger partial charge in [-0.25, -0.2) is 0 Å². The maximum Gasteiger partial charge on any atom is 0.303 e. The van der Waals surface area contributed by atoms with Gasteiger partial charge in [-0.1, -0.05) is 37.3 Å². The molecule has 7 atom stereocenters. The van der Waals surface area contributed by atoms with E-state index in [1.807, 2.05) is 0 Å². The van der Waals surface area contributed by atoms with E-state index in [0.29, 0.717) is 42.1 Å². The van der Waals surface area contributed by atoms with Gasteiger partial charge in [0, 0.05) is 18.9 Å². The number of methoxy groups -OCH3 is 1. The molecule has 4 rings (SSSR count). The van der Waals surface area contributed by atoms with E-state index in [0.717, 1.165) is 32.1 Å². The second-order valence-electron chi connectivity index (χ2n) is 10.2. The van der Waals surface area contributed by atoms with Gasteiger partial charge in [0.05, 0.1) is 11.7 Å². The lowest BCUT2D eigenvalue weighted by atomic mass is 9.48. The first-order valence-corrected chi connectivity index (χ1v) is 11.2. The molecule has 3 saturated carbocycles. The van der Waals surface area contributed by atoms with Crippen LogP contribution in [0.1, 0.15) is 64.7 Å². The zero-order valence-corrected chi connectivity index (χ0v) is 18.0. The van der Waals surface area contributed by atoms with Crippen molar-refractivity contribution in [2.45, 2.75) is 76.4 Å². The number of carboxylic acids is 1. The maximum absolute atomic E-state index is 11.8. The second kappa shape index (κ2) is 7.39. The fourth-order valence-corrected chi connectivity index (χ4v) is 7.56. The van der Waals surface area contributed by atoms with Crippen molar-refractivity contribution in [2.24, 2.45) is 29.1 Å². The van der Waals surface area contributed by atoms with E-state index in [1.54, 1.807) is 12.7 Å². The third-order valence-corrected chi connectivity index (χ3v) is 8.99. The van der Waals surface area contributed by atoms with Crippen LogP contribution in [0.3, 0.4) is 0 Å². The second-order valence-corrected chi connectivity index (χ2v) is 10.2. The van der Waals surface area contributed by atoms with Gasteiger partial charge in [0.25, 0.3) is 0 Å². The summed E-state index contributed by atoms with van der Waals surface area (Å²) in [5, 5.41) is 20.9. The summed E-state index contributed by atoms with van der Waals surface area (Å²) in [7, 11) is 1.80. The van der Waals surface area contributed by atoms with Crippen LogP contribution in [-0.2, 0) is 9.53 Å². The number of allylic oxidation sites excluding steroid dienone is 2. The predicted octanol–water partition coefficient (Wildman–Crippen LogP) is 4.89. The molecule has 4 aliphatic rings. The molecule has 0 spiro atoms. The molecule has 2 N–H and O–H groups in total.